The monoisotopic (exact) mass is 275 g/mol. The Balaban J connectivity index is 2.20. The second-order valence-electron chi connectivity index (χ2n) is 4.12. The van der Waals surface area contributed by atoms with Gasteiger partial charge in [0, 0.05) is 16.9 Å². The molecule has 4 nitrogen and oxygen atoms in total. The molecule has 0 atom stereocenters. The van der Waals surface area contributed by atoms with Crippen molar-refractivity contribution in [1.29, 1.82) is 0 Å². The van der Waals surface area contributed by atoms with Crippen molar-refractivity contribution < 1.29 is 13.2 Å². The summed E-state index contributed by atoms with van der Waals surface area (Å²) >= 11 is 0. The maximum Gasteiger partial charge on any atom is 0.266 e. The second-order valence-corrected chi connectivity index (χ2v) is 6.66. The van der Waals surface area contributed by atoms with Crippen molar-refractivity contribution in [2.24, 2.45) is 0 Å². The van der Waals surface area contributed by atoms with Crippen LogP contribution in [0.3, 0.4) is 0 Å². The van der Waals surface area contributed by atoms with Gasteiger partial charge in [0.1, 0.15) is 11.0 Å². The van der Waals surface area contributed by atoms with Crippen LogP contribution in [-0.2, 0) is 9.05 Å². The van der Waals surface area contributed by atoms with Gasteiger partial charge in [-0.25, -0.2) is 13.4 Å². The van der Waals surface area contributed by atoms with Crippen molar-refractivity contribution in [3.63, 3.8) is 0 Å². The highest BCUT2D eigenvalue weighted by molar-refractivity contribution is 8.13. The molecule has 1 fully saturated rings. The van der Waals surface area contributed by atoms with Crippen LogP contribution in [0.5, 0.6) is 5.88 Å². The lowest BCUT2D eigenvalue weighted by Crippen LogP contribution is -2.21. The minimum absolute atomic E-state index is 0.0489. The summed E-state index contributed by atoms with van der Waals surface area (Å²) in [4.78, 5) is 3.90. The standard InChI is InChI=1S/C11H14ClNO3S/c12-17(14,15)10-7-4-8-13-11(10)16-9-5-2-1-3-6-9/h4,7-9H,1-3,5-6H2. The molecule has 1 aliphatic carbocycles. The molecule has 1 aromatic rings. The number of rotatable bonds is 3. The van der Waals surface area contributed by atoms with E-state index in [9.17, 15) is 8.42 Å². The normalized spacial score (nSPS) is 17.9. The van der Waals surface area contributed by atoms with E-state index in [0.29, 0.717) is 0 Å². The minimum Gasteiger partial charge on any atom is -0.473 e. The fraction of sp³-hybridized carbons (Fsp3) is 0.545. The summed E-state index contributed by atoms with van der Waals surface area (Å²) in [6.45, 7) is 0. The number of halogens is 1. The van der Waals surface area contributed by atoms with E-state index in [-0.39, 0.29) is 16.9 Å². The topological polar surface area (TPSA) is 56.3 Å². The van der Waals surface area contributed by atoms with Crippen molar-refractivity contribution in [2.75, 3.05) is 0 Å². The third-order valence-electron chi connectivity index (χ3n) is 2.83. The van der Waals surface area contributed by atoms with Gasteiger partial charge in [-0.1, -0.05) is 6.42 Å². The van der Waals surface area contributed by atoms with Gasteiger partial charge >= 0.3 is 0 Å². The van der Waals surface area contributed by atoms with Crippen LogP contribution in [0, 0.1) is 0 Å². The van der Waals surface area contributed by atoms with Gasteiger partial charge in [0.2, 0.25) is 5.88 Å². The van der Waals surface area contributed by atoms with Crippen molar-refractivity contribution in [3.05, 3.63) is 18.3 Å². The Morgan fingerprint density at radius 3 is 2.65 bits per heavy atom. The van der Waals surface area contributed by atoms with Gasteiger partial charge in [-0.3, -0.25) is 0 Å². The number of hydrogen-bond donors (Lipinski definition) is 0. The van der Waals surface area contributed by atoms with E-state index in [1.165, 1.54) is 24.8 Å². The lowest BCUT2D eigenvalue weighted by Gasteiger charge is -2.22. The summed E-state index contributed by atoms with van der Waals surface area (Å²) in [7, 11) is 1.53. The van der Waals surface area contributed by atoms with E-state index in [2.05, 4.69) is 4.98 Å². The Kier molecular flexibility index (Phi) is 3.89. The van der Waals surface area contributed by atoms with E-state index in [1.54, 1.807) is 0 Å². The van der Waals surface area contributed by atoms with Crippen LogP contribution in [0.15, 0.2) is 23.2 Å². The van der Waals surface area contributed by atoms with Gasteiger partial charge in [0.15, 0.2) is 0 Å². The van der Waals surface area contributed by atoms with Crippen molar-refractivity contribution in [2.45, 2.75) is 43.1 Å². The summed E-state index contributed by atoms with van der Waals surface area (Å²) in [5.41, 5.74) is 0. The predicted molar refractivity (Wildman–Crippen MR) is 64.8 cm³/mol. The average Bonchev–Trinajstić information content (AvgIpc) is 2.30. The number of hydrogen-bond acceptors (Lipinski definition) is 4. The molecule has 2 rings (SSSR count). The van der Waals surface area contributed by atoms with E-state index in [4.69, 9.17) is 15.4 Å². The molecule has 0 amide bonds. The smallest absolute Gasteiger partial charge is 0.266 e. The largest absolute Gasteiger partial charge is 0.473 e. The van der Waals surface area contributed by atoms with Crippen LogP contribution in [0.25, 0.3) is 0 Å². The zero-order valence-electron chi connectivity index (χ0n) is 9.30. The SMILES string of the molecule is O=S(=O)(Cl)c1cccnc1OC1CCCCC1. The minimum atomic E-state index is -3.80. The van der Waals surface area contributed by atoms with Gasteiger partial charge in [-0.15, -0.1) is 0 Å². The molecule has 0 bridgehead atoms. The first kappa shape index (κ1) is 12.6. The second kappa shape index (κ2) is 5.23. The fourth-order valence-electron chi connectivity index (χ4n) is 1.99. The summed E-state index contributed by atoms with van der Waals surface area (Å²) < 4.78 is 28.3. The Labute approximate surface area is 105 Å². The molecular weight excluding hydrogens is 262 g/mol. The molecule has 0 aromatic carbocycles. The van der Waals surface area contributed by atoms with Crippen LogP contribution in [-0.4, -0.2) is 19.5 Å². The number of ether oxygens (including phenoxy) is 1. The summed E-state index contributed by atoms with van der Waals surface area (Å²) in [6, 6.07) is 2.94. The molecule has 1 aromatic heterocycles. The highest BCUT2D eigenvalue weighted by Crippen LogP contribution is 2.28. The lowest BCUT2D eigenvalue weighted by atomic mass is 9.98. The average molecular weight is 276 g/mol. The molecule has 1 saturated carbocycles. The molecular formula is C11H14ClNO3S. The van der Waals surface area contributed by atoms with Gasteiger partial charge in [-0.05, 0) is 37.8 Å². The number of aromatic nitrogens is 1. The Bertz CT molecular complexity index is 483. The zero-order chi connectivity index (χ0) is 12.3. The molecule has 0 aliphatic heterocycles. The van der Waals surface area contributed by atoms with Gasteiger partial charge in [-0.2, -0.15) is 0 Å². The molecule has 0 N–H and O–H groups in total. The first-order valence-electron chi connectivity index (χ1n) is 5.64. The molecule has 0 spiro atoms. The van der Waals surface area contributed by atoms with Crippen LogP contribution in [0.1, 0.15) is 32.1 Å². The Hall–Kier alpha value is -0.810. The Morgan fingerprint density at radius 2 is 2.00 bits per heavy atom. The van der Waals surface area contributed by atoms with E-state index < -0.39 is 9.05 Å². The lowest BCUT2D eigenvalue weighted by molar-refractivity contribution is 0.144. The molecule has 0 unspecified atom stereocenters. The highest BCUT2D eigenvalue weighted by Gasteiger charge is 2.22. The number of nitrogens with zero attached hydrogens (tertiary/aromatic N) is 1. The zero-order valence-corrected chi connectivity index (χ0v) is 10.9. The molecule has 1 heterocycles. The van der Waals surface area contributed by atoms with Crippen LogP contribution in [0.2, 0.25) is 0 Å². The molecule has 6 heteroatoms. The third kappa shape index (κ3) is 3.33. The van der Waals surface area contributed by atoms with Crippen LogP contribution in [0.4, 0.5) is 0 Å². The molecule has 0 saturated heterocycles. The van der Waals surface area contributed by atoms with E-state index in [0.717, 1.165) is 25.7 Å². The maximum absolute atomic E-state index is 11.3. The quantitative estimate of drug-likeness (QED) is 0.796. The molecule has 17 heavy (non-hydrogen) atoms. The third-order valence-corrected chi connectivity index (χ3v) is 4.16. The predicted octanol–water partition coefficient (Wildman–Crippen LogP) is 2.72. The van der Waals surface area contributed by atoms with Gasteiger partial charge in [0.05, 0.1) is 0 Å². The first-order chi connectivity index (χ1) is 8.07. The first-order valence-corrected chi connectivity index (χ1v) is 7.94. The van der Waals surface area contributed by atoms with Gasteiger partial charge in [0.25, 0.3) is 9.05 Å². The summed E-state index contributed by atoms with van der Waals surface area (Å²) in [5, 5.41) is 0. The number of pyridine rings is 1. The fourth-order valence-corrected chi connectivity index (χ4v) is 2.89. The summed E-state index contributed by atoms with van der Waals surface area (Å²) in [5.74, 6) is 0.120. The van der Waals surface area contributed by atoms with Crippen molar-refractivity contribution in [3.8, 4) is 5.88 Å². The van der Waals surface area contributed by atoms with Crippen molar-refractivity contribution in [1.82, 2.24) is 4.98 Å². The van der Waals surface area contributed by atoms with Crippen LogP contribution < -0.4 is 4.74 Å². The highest BCUT2D eigenvalue weighted by atomic mass is 35.7. The van der Waals surface area contributed by atoms with E-state index >= 15 is 0 Å². The molecule has 0 radical (unpaired) electrons. The Morgan fingerprint density at radius 1 is 1.29 bits per heavy atom. The maximum atomic E-state index is 11.3. The molecule has 94 valence electrons. The van der Waals surface area contributed by atoms with Crippen molar-refractivity contribution >= 4 is 19.7 Å². The van der Waals surface area contributed by atoms with Crippen LogP contribution >= 0.6 is 10.7 Å². The van der Waals surface area contributed by atoms with Gasteiger partial charge < -0.3 is 4.74 Å². The summed E-state index contributed by atoms with van der Waals surface area (Å²) in [6.07, 6.45) is 6.88. The molecule has 1 aliphatic rings. The van der Waals surface area contributed by atoms with E-state index in [1.807, 2.05) is 0 Å².